The van der Waals surface area contributed by atoms with Crippen molar-refractivity contribution >= 4 is 11.8 Å². The van der Waals surface area contributed by atoms with Gasteiger partial charge in [-0.2, -0.15) is 0 Å². The summed E-state index contributed by atoms with van der Waals surface area (Å²) in [6, 6.07) is 0. The minimum absolute atomic E-state index is 0.122. The fourth-order valence-electron chi connectivity index (χ4n) is 3.86. The highest BCUT2D eigenvalue weighted by Crippen LogP contribution is 2.63. The van der Waals surface area contributed by atoms with Crippen molar-refractivity contribution in [3.8, 4) is 0 Å². The lowest BCUT2D eigenvalue weighted by Crippen LogP contribution is -2.38. The molecule has 0 N–H and O–H groups in total. The molecule has 1 aliphatic heterocycles. The lowest BCUT2D eigenvalue weighted by Gasteiger charge is -2.40. The van der Waals surface area contributed by atoms with Gasteiger partial charge >= 0.3 is 0 Å². The second-order valence-corrected chi connectivity index (χ2v) is 7.48. The van der Waals surface area contributed by atoms with Gasteiger partial charge in [-0.3, -0.25) is 0 Å². The van der Waals surface area contributed by atoms with Gasteiger partial charge in [0.2, 0.25) is 0 Å². The third kappa shape index (κ3) is 2.38. The fourth-order valence-corrected chi connectivity index (χ4v) is 5.87. The number of ether oxygens (including phenoxy) is 1. The van der Waals surface area contributed by atoms with E-state index in [0.717, 1.165) is 18.3 Å². The van der Waals surface area contributed by atoms with Crippen molar-refractivity contribution < 1.29 is 4.74 Å². The van der Waals surface area contributed by atoms with Crippen LogP contribution in [0.1, 0.15) is 65.2 Å². The van der Waals surface area contributed by atoms with Gasteiger partial charge < -0.3 is 4.74 Å². The summed E-state index contributed by atoms with van der Waals surface area (Å²) in [5, 5.41) is 0.774. The summed E-state index contributed by atoms with van der Waals surface area (Å²) in [6.07, 6.45) is 12.3. The molecule has 0 aromatic carbocycles. The number of hydrogen-bond acceptors (Lipinski definition) is 2. The van der Waals surface area contributed by atoms with Crippen molar-refractivity contribution in [1.82, 2.24) is 0 Å². The van der Waals surface area contributed by atoms with Gasteiger partial charge in [0.15, 0.2) is 0 Å². The Morgan fingerprint density at radius 2 is 2.17 bits per heavy atom. The third-order valence-corrected chi connectivity index (χ3v) is 6.88. The maximum Gasteiger partial charge on any atom is 0.119 e. The summed E-state index contributed by atoms with van der Waals surface area (Å²) in [7, 11) is 0. The minimum Gasteiger partial charge on any atom is -0.364 e. The first-order chi connectivity index (χ1) is 8.72. The molecule has 0 amide bonds. The van der Waals surface area contributed by atoms with Crippen LogP contribution in [0.5, 0.6) is 0 Å². The standard InChI is InChI=1S/C16H28OS/c1-4-8-14(6-3)18-16-11-7-10-15(16,9-5-2)12-13-17-16/h5,14H,2,4,6-13H2,1,3H3. The van der Waals surface area contributed by atoms with Crippen LogP contribution in [-0.2, 0) is 4.74 Å². The molecule has 18 heavy (non-hydrogen) atoms. The van der Waals surface area contributed by atoms with Crippen molar-refractivity contribution in [2.45, 2.75) is 75.4 Å². The van der Waals surface area contributed by atoms with E-state index in [9.17, 15) is 0 Å². The zero-order valence-electron chi connectivity index (χ0n) is 12.0. The lowest BCUT2D eigenvalue weighted by molar-refractivity contribution is 0.0381. The molecule has 1 saturated carbocycles. The Bertz CT molecular complexity index is 277. The molecule has 0 bridgehead atoms. The molecule has 1 nitrogen and oxygen atoms in total. The Kier molecular flexibility index (Phi) is 4.82. The van der Waals surface area contributed by atoms with E-state index in [1.54, 1.807) is 0 Å². The summed E-state index contributed by atoms with van der Waals surface area (Å²) >= 11 is 2.16. The van der Waals surface area contributed by atoms with Crippen molar-refractivity contribution in [2.24, 2.45) is 5.41 Å². The molecule has 2 aliphatic rings. The molecular weight excluding hydrogens is 240 g/mol. The molecule has 104 valence electrons. The van der Waals surface area contributed by atoms with E-state index in [-0.39, 0.29) is 4.93 Å². The highest BCUT2D eigenvalue weighted by molar-refractivity contribution is 8.01. The van der Waals surface area contributed by atoms with Crippen LogP contribution in [0.4, 0.5) is 0 Å². The number of fused-ring (bicyclic) bond motifs is 1. The number of rotatable bonds is 7. The molecule has 0 radical (unpaired) electrons. The summed E-state index contributed by atoms with van der Waals surface area (Å²) in [5.41, 5.74) is 0.403. The van der Waals surface area contributed by atoms with E-state index in [1.165, 1.54) is 44.9 Å². The van der Waals surface area contributed by atoms with Gasteiger partial charge in [0.25, 0.3) is 0 Å². The van der Waals surface area contributed by atoms with Crippen LogP contribution in [0.25, 0.3) is 0 Å². The van der Waals surface area contributed by atoms with Crippen LogP contribution < -0.4 is 0 Å². The van der Waals surface area contributed by atoms with E-state index in [1.807, 2.05) is 0 Å². The van der Waals surface area contributed by atoms with E-state index in [0.29, 0.717) is 5.41 Å². The van der Waals surface area contributed by atoms with Gasteiger partial charge in [0.1, 0.15) is 4.93 Å². The van der Waals surface area contributed by atoms with Crippen LogP contribution in [0, 0.1) is 5.41 Å². The van der Waals surface area contributed by atoms with Gasteiger partial charge in [0.05, 0.1) is 0 Å². The Balaban J connectivity index is 2.14. The maximum atomic E-state index is 6.31. The highest BCUT2D eigenvalue weighted by Gasteiger charge is 2.59. The predicted molar refractivity (Wildman–Crippen MR) is 81.0 cm³/mol. The summed E-state index contributed by atoms with van der Waals surface area (Å²) in [6.45, 7) is 9.56. The Morgan fingerprint density at radius 3 is 2.83 bits per heavy atom. The molecule has 2 heteroatoms. The van der Waals surface area contributed by atoms with Crippen LogP contribution >= 0.6 is 11.8 Å². The first-order valence-corrected chi connectivity index (χ1v) is 8.52. The van der Waals surface area contributed by atoms with E-state index in [2.05, 4.69) is 38.3 Å². The summed E-state index contributed by atoms with van der Waals surface area (Å²) in [5.74, 6) is 0. The lowest BCUT2D eigenvalue weighted by atomic mass is 9.79. The minimum atomic E-state index is 0.122. The van der Waals surface area contributed by atoms with Gasteiger partial charge in [-0.1, -0.05) is 26.3 Å². The molecule has 3 atom stereocenters. The molecule has 1 aliphatic carbocycles. The summed E-state index contributed by atoms with van der Waals surface area (Å²) in [4.78, 5) is 0.122. The van der Waals surface area contributed by atoms with Crippen LogP contribution in [-0.4, -0.2) is 16.8 Å². The zero-order chi connectivity index (χ0) is 13.1. The quantitative estimate of drug-likeness (QED) is 0.590. The van der Waals surface area contributed by atoms with Crippen LogP contribution in [0.3, 0.4) is 0 Å². The largest absolute Gasteiger partial charge is 0.364 e. The number of allylic oxidation sites excluding steroid dienone is 1. The number of hydrogen-bond donors (Lipinski definition) is 0. The zero-order valence-corrected chi connectivity index (χ0v) is 12.9. The van der Waals surface area contributed by atoms with Gasteiger partial charge in [-0.15, -0.1) is 18.3 Å². The molecule has 1 heterocycles. The number of thioether (sulfide) groups is 1. The second-order valence-electron chi connectivity index (χ2n) is 5.91. The molecule has 1 saturated heterocycles. The van der Waals surface area contributed by atoms with Crippen molar-refractivity contribution in [2.75, 3.05) is 6.61 Å². The van der Waals surface area contributed by atoms with Crippen molar-refractivity contribution in [3.63, 3.8) is 0 Å². The predicted octanol–water partition coefficient (Wildman–Crippen LogP) is 5.16. The highest BCUT2D eigenvalue weighted by atomic mass is 32.2. The van der Waals surface area contributed by atoms with Crippen LogP contribution in [0.2, 0.25) is 0 Å². The third-order valence-electron chi connectivity index (χ3n) is 4.84. The van der Waals surface area contributed by atoms with Gasteiger partial charge in [-0.25, -0.2) is 0 Å². The maximum absolute atomic E-state index is 6.31. The average Bonchev–Trinajstić information content (AvgIpc) is 2.83. The van der Waals surface area contributed by atoms with Crippen LogP contribution in [0.15, 0.2) is 12.7 Å². The first-order valence-electron chi connectivity index (χ1n) is 7.64. The molecule has 3 unspecified atom stereocenters. The summed E-state index contributed by atoms with van der Waals surface area (Å²) < 4.78 is 6.31. The first kappa shape index (κ1) is 14.5. The molecular formula is C16H28OS. The average molecular weight is 268 g/mol. The van der Waals surface area contributed by atoms with Gasteiger partial charge in [-0.05, 0) is 44.9 Å². The van der Waals surface area contributed by atoms with Gasteiger partial charge in [0, 0.05) is 17.3 Å². The molecule has 2 fully saturated rings. The Morgan fingerprint density at radius 1 is 1.33 bits per heavy atom. The Labute approximate surface area is 117 Å². The molecule has 0 aromatic rings. The molecule has 0 spiro atoms. The topological polar surface area (TPSA) is 9.23 Å². The van der Waals surface area contributed by atoms with E-state index >= 15 is 0 Å². The SMILES string of the molecule is C=CCC12CCCC1(SC(CC)CCC)OCC2. The fraction of sp³-hybridized carbons (Fsp3) is 0.875. The van der Waals surface area contributed by atoms with Crippen molar-refractivity contribution in [1.29, 1.82) is 0 Å². The Hall–Kier alpha value is 0.0500. The second kappa shape index (κ2) is 6.00. The molecule has 0 aromatic heterocycles. The van der Waals surface area contributed by atoms with Crippen molar-refractivity contribution in [3.05, 3.63) is 12.7 Å². The smallest absolute Gasteiger partial charge is 0.119 e. The van der Waals surface area contributed by atoms with E-state index < -0.39 is 0 Å². The normalized spacial score (nSPS) is 36.6. The monoisotopic (exact) mass is 268 g/mol. The van der Waals surface area contributed by atoms with E-state index in [4.69, 9.17) is 4.74 Å². The molecule has 2 rings (SSSR count).